The van der Waals surface area contributed by atoms with Crippen LogP contribution in [0, 0.1) is 0 Å². The van der Waals surface area contributed by atoms with Crippen LogP contribution < -0.4 is 10.5 Å². The molecule has 1 aliphatic rings. The maximum Gasteiger partial charge on any atom is 0.119 e. The fraction of sp³-hybridized carbons (Fsp3) is 0.500. The van der Waals surface area contributed by atoms with Crippen molar-refractivity contribution in [3.05, 3.63) is 29.8 Å². The highest BCUT2D eigenvalue weighted by Crippen LogP contribution is 2.43. The van der Waals surface area contributed by atoms with Crippen LogP contribution >= 0.6 is 0 Å². The van der Waals surface area contributed by atoms with Crippen LogP contribution in [0.25, 0.3) is 0 Å². The molecule has 1 saturated carbocycles. The second-order valence-corrected chi connectivity index (χ2v) is 3.39. The second-order valence-electron chi connectivity index (χ2n) is 3.39. The summed E-state index contributed by atoms with van der Waals surface area (Å²) in [4.78, 5) is 0. The number of methoxy groups -OCH3 is 1. The number of rotatable bonds is 2. The van der Waals surface area contributed by atoms with Crippen molar-refractivity contribution in [2.75, 3.05) is 7.11 Å². The molecule has 2 rings (SSSR count). The molecule has 14 heavy (non-hydrogen) atoms. The predicted molar refractivity (Wildman–Crippen MR) is 59.4 cm³/mol. The molecule has 0 amide bonds. The van der Waals surface area contributed by atoms with Crippen LogP contribution in [0.4, 0.5) is 0 Å². The van der Waals surface area contributed by atoms with E-state index in [4.69, 9.17) is 10.5 Å². The first-order valence-corrected chi connectivity index (χ1v) is 5.18. The Bertz CT molecular complexity index is 292. The van der Waals surface area contributed by atoms with Gasteiger partial charge in [-0.2, -0.15) is 0 Å². The van der Waals surface area contributed by atoms with Gasteiger partial charge in [0, 0.05) is 5.54 Å². The molecular formula is C12H19NO. The molecule has 1 aliphatic carbocycles. The SMILES string of the molecule is CC.COc1cccc(C2(N)CC2)c1. The quantitative estimate of drug-likeness (QED) is 0.783. The molecule has 0 saturated heterocycles. The molecule has 0 radical (unpaired) electrons. The van der Waals surface area contributed by atoms with E-state index in [1.807, 2.05) is 32.0 Å². The summed E-state index contributed by atoms with van der Waals surface area (Å²) in [7, 11) is 1.68. The number of ether oxygens (including phenoxy) is 1. The van der Waals surface area contributed by atoms with Gasteiger partial charge >= 0.3 is 0 Å². The van der Waals surface area contributed by atoms with Crippen LogP contribution in [-0.4, -0.2) is 7.11 Å². The molecule has 0 aromatic heterocycles. The fourth-order valence-corrected chi connectivity index (χ4v) is 1.36. The van der Waals surface area contributed by atoms with E-state index in [-0.39, 0.29) is 5.54 Å². The summed E-state index contributed by atoms with van der Waals surface area (Å²) in [6.07, 6.45) is 2.19. The van der Waals surface area contributed by atoms with Gasteiger partial charge in [-0.25, -0.2) is 0 Å². The summed E-state index contributed by atoms with van der Waals surface area (Å²) in [5.74, 6) is 0.893. The molecule has 1 fully saturated rings. The first kappa shape index (κ1) is 11.1. The fourth-order valence-electron chi connectivity index (χ4n) is 1.36. The second kappa shape index (κ2) is 4.47. The Kier molecular flexibility index (Phi) is 3.53. The molecule has 1 aromatic carbocycles. The molecule has 78 valence electrons. The summed E-state index contributed by atoms with van der Waals surface area (Å²) in [5, 5.41) is 0. The van der Waals surface area contributed by atoms with E-state index in [9.17, 15) is 0 Å². The van der Waals surface area contributed by atoms with Gasteiger partial charge in [-0.1, -0.05) is 26.0 Å². The summed E-state index contributed by atoms with van der Waals surface area (Å²) in [6, 6.07) is 8.01. The van der Waals surface area contributed by atoms with Gasteiger partial charge in [0.05, 0.1) is 7.11 Å². The van der Waals surface area contributed by atoms with Crippen molar-refractivity contribution < 1.29 is 4.74 Å². The topological polar surface area (TPSA) is 35.2 Å². The van der Waals surface area contributed by atoms with E-state index in [1.165, 1.54) is 5.56 Å². The van der Waals surface area contributed by atoms with Crippen molar-refractivity contribution in [2.45, 2.75) is 32.2 Å². The first-order valence-electron chi connectivity index (χ1n) is 5.18. The molecule has 0 heterocycles. The monoisotopic (exact) mass is 193 g/mol. The van der Waals surface area contributed by atoms with Crippen LogP contribution in [0.15, 0.2) is 24.3 Å². The Morgan fingerprint density at radius 3 is 2.43 bits per heavy atom. The van der Waals surface area contributed by atoms with Gasteiger partial charge in [0.25, 0.3) is 0 Å². The van der Waals surface area contributed by atoms with Crippen LogP contribution in [0.2, 0.25) is 0 Å². The van der Waals surface area contributed by atoms with Gasteiger partial charge < -0.3 is 10.5 Å². The maximum atomic E-state index is 6.04. The predicted octanol–water partition coefficient (Wildman–Crippen LogP) is 2.67. The Morgan fingerprint density at radius 2 is 1.93 bits per heavy atom. The average Bonchev–Trinajstić information content (AvgIpc) is 3.01. The number of hydrogen-bond donors (Lipinski definition) is 1. The van der Waals surface area contributed by atoms with Gasteiger partial charge in [-0.3, -0.25) is 0 Å². The molecule has 0 spiro atoms. The summed E-state index contributed by atoms with van der Waals surface area (Å²) < 4.78 is 5.12. The highest BCUT2D eigenvalue weighted by Gasteiger charge is 2.39. The van der Waals surface area contributed by atoms with E-state index in [0.717, 1.165) is 18.6 Å². The molecule has 0 aliphatic heterocycles. The van der Waals surface area contributed by atoms with Gasteiger partial charge in [0.2, 0.25) is 0 Å². The molecule has 2 N–H and O–H groups in total. The van der Waals surface area contributed by atoms with Crippen molar-refractivity contribution in [1.82, 2.24) is 0 Å². The minimum Gasteiger partial charge on any atom is -0.497 e. The highest BCUT2D eigenvalue weighted by atomic mass is 16.5. The van der Waals surface area contributed by atoms with E-state index < -0.39 is 0 Å². The minimum atomic E-state index is -0.0471. The molecule has 0 atom stereocenters. The molecule has 1 aromatic rings. The zero-order valence-corrected chi connectivity index (χ0v) is 9.21. The third-order valence-electron chi connectivity index (χ3n) is 2.43. The van der Waals surface area contributed by atoms with E-state index >= 15 is 0 Å². The Hall–Kier alpha value is -1.02. The third kappa shape index (κ3) is 2.26. The zero-order valence-electron chi connectivity index (χ0n) is 9.21. The highest BCUT2D eigenvalue weighted by molar-refractivity contribution is 5.36. The Balaban J connectivity index is 0.000000461. The van der Waals surface area contributed by atoms with Crippen LogP contribution in [0.1, 0.15) is 32.3 Å². The van der Waals surface area contributed by atoms with Crippen molar-refractivity contribution in [3.63, 3.8) is 0 Å². The number of hydrogen-bond acceptors (Lipinski definition) is 2. The largest absolute Gasteiger partial charge is 0.497 e. The lowest BCUT2D eigenvalue weighted by Gasteiger charge is -2.09. The lowest BCUT2D eigenvalue weighted by molar-refractivity contribution is 0.413. The van der Waals surface area contributed by atoms with Crippen LogP contribution in [-0.2, 0) is 5.54 Å². The van der Waals surface area contributed by atoms with E-state index in [2.05, 4.69) is 6.07 Å². The van der Waals surface area contributed by atoms with Crippen LogP contribution in [0.5, 0.6) is 5.75 Å². The molecule has 0 unspecified atom stereocenters. The van der Waals surface area contributed by atoms with Crippen molar-refractivity contribution in [1.29, 1.82) is 0 Å². The number of nitrogens with two attached hydrogens (primary N) is 1. The lowest BCUT2D eigenvalue weighted by atomic mass is 10.1. The van der Waals surface area contributed by atoms with Gasteiger partial charge in [0.1, 0.15) is 5.75 Å². The minimum absolute atomic E-state index is 0.0471. The molecule has 0 bridgehead atoms. The standard InChI is InChI=1S/C10H13NO.C2H6/c1-12-9-4-2-3-8(7-9)10(11)5-6-10;1-2/h2-4,7H,5-6,11H2,1H3;1-2H3. The summed E-state index contributed by atoms with van der Waals surface area (Å²) in [6.45, 7) is 4.00. The average molecular weight is 193 g/mol. The molecule has 2 nitrogen and oxygen atoms in total. The summed E-state index contributed by atoms with van der Waals surface area (Å²) >= 11 is 0. The number of benzene rings is 1. The van der Waals surface area contributed by atoms with Crippen molar-refractivity contribution in [2.24, 2.45) is 5.73 Å². The van der Waals surface area contributed by atoms with Gasteiger partial charge in [-0.15, -0.1) is 0 Å². The first-order chi connectivity index (χ1) is 6.74. The van der Waals surface area contributed by atoms with Crippen molar-refractivity contribution in [3.8, 4) is 5.75 Å². The Labute approximate surface area is 86.1 Å². The van der Waals surface area contributed by atoms with E-state index in [1.54, 1.807) is 7.11 Å². The van der Waals surface area contributed by atoms with Gasteiger partial charge in [0.15, 0.2) is 0 Å². The molecule has 2 heteroatoms. The van der Waals surface area contributed by atoms with Crippen LogP contribution in [0.3, 0.4) is 0 Å². The maximum absolute atomic E-state index is 6.04. The Morgan fingerprint density at radius 1 is 1.29 bits per heavy atom. The van der Waals surface area contributed by atoms with Crippen molar-refractivity contribution >= 4 is 0 Å². The smallest absolute Gasteiger partial charge is 0.119 e. The normalized spacial score (nSPS) is 16.6. The molecular weight excluding hydrogens is 174 g/mol. The van der Waals surface area contributed by atoms with E-state index in [0.29, 0.717) is 0 Å². The zero-order chi connectivity index (χ0) is 10.6. The summed E-state index contributed by atoms with van der Waals surface area (Å²) in [5.41, 5.74) is 7.18. The third-order valence-corrected chi connectivity index (χ3v) is 2.43. The lowest BCUT2D eigenvalue weighted by Crippen LogP contribution is -2.18. The van der Waals surface area contributed by atoms with Gasteiger partial charge in [-0.05, 0) is 30.5 Å².